The minimum Gasteiger partial charge on any atom is -0.357 e. The number of thiophene rings is 1. The minimum atomic E-state index is -0.0493. The van der Waals surface area contributed by atoms with E-state index in [0.717, 1.165) is 75.9 Å². The molecule has 2 fully saturated rings. The summed E-state index contributed by atoms with van der Waals surface area (Å²) < 4.78 is 0. The monoisotopic (exact) mass is 576 g/mol. The Balaban J connectivity index is 0.00000363. The van der Waals surface area contributed by atoms with Crippen LogP contribution in [0.3, 0.4) is 0 Å². The predicted octanol–water partition coefficient (Wildman–Crippen LogP) is 2.08. The van der Waals surface area contributed by atoms with Crippen LogP contribution in [0.4, 0.5) is 0 Å². The van der Waals surface area contributed by atoms with Gasteiger partial charge in [-0.1, -0.05) is 6.07 Å². The molecule has 0 radical (unpaired) electrons. The van der Waals surface area contributed by atoms with E-state index in [2.05, 4.69) is 27.4 Å². The Morgan fingerprint density at radius 1 is 1.09 bits per heavy atom. The molecule has 1 atom stereocenters. The van der Waals surface area contributed by atoms with Crippen LogP contribution in [0.1, 0.15) is 42.8 Å². The van der Waals surface area contributed by atoms with Crippen molar-refractivity contribution in [1.29, 1.82) is 0 Å². The lowest BCUT2D eigenvalue weighted by Gasteiger charge is -2.39. The van der Waals surface area contributed by atoms with Gasteiger partial charge in [0.1, 0.15) is 0 Å². The number of hydrogen-bond acceptors (Lipinski definition) is 5. The lowest BCUT2D eigenvalue weighted by Crippen LogP contribution is -2.57. The molecule has 10 heteroatoms. The smallest absolute Gasteiger partial charge is 0.261 e. The molecule has 1 aromatic rings. The molecule has 0 bridgehead atoms. The van der Waals surface area contributed by atoms with Crippen molar-refractivity contribution in [3.8, 4) is 0 Å². The van der Waals surface area contributed by atoms with Gasteiger partial charge in [-0.3, -0.25) is 19.5 Å². The number of piperazine rings is 1. The maximum atomic E-state index is 12.7. The third-order valence-electron chi connectivity index (χ3n) is 5.90. The summed E-state index contributed by atoms with van der Waals surface area (Å²) in [6.45, 7) is 11.5. The van der Waals surface area contributed by atoms with Crippen molar-refractivity contribution in [3.63, 3.8) is 0 Å². The van der Waals surface area contributed by atoms with Crippen molar-refractivity contribution in [2.45, 2.75) is 39.2 Å². The Bertz CT molecular complexity index is 731. The lowest BCUT2D eigenvalue weighted by atomic mass is 10.2. The van der Waals surface area contributed by atoms with E-state index in [9.17, 15) is 9.59 Å². The molecular formula is C22H37IN6O2S. The molecule has 2 aliphatic rings. The predicted molar refractivity (Wildman–Crippen MR) is 141 cm³/mol. The van der Waals surface area contributed by atoms with Crippen molar-refractivity contribution < 1.29 is 9.59 Å². The highest BCUT2D eigenvalue weighted by atomic mass is 127. The van der Waals surface area contributed by atoms with Gasteiger partial charge < -0.3 is 20.4 Å². The second kappa shape index (κ2) is 14.0. The molecule has 3 heterocycles. The highest BCUT2D eigenvalue weighted by Gasteiger charge is 2.30. The van der Waals surface area contributed by atoms with Crippen LogP contribution in [-0.2, 0) is 4.79 Å². The van der Waals surface area contributed by atoms with Gasteiger partial charge in [0.15, 0.2) is 5.96 Å². The third kappa shape index (κ3) is 7.58. The van der Waals surface area contributed by atoms with Crippen LogP contribution >= 0.6 is 35.3 Å². The number of carbonyl (C=O) groups excluding carboxylic acids is 2. The zero-order valence-corrected chi connectivity index (χ0v) is 22.4. The first-order chi connectivity index (χ1) is 15.1. The maximum Gasteiger partial charge on any atom is 0.261 e. The summed E-state index contributed by atoms with van der Waals surface area (Å²) in [7, 11) is 0. The molecule has 2 amide bonds. The van der Waals surface area contributed by atoms with Crippen LogP contribution < -0.4 is 10.6 Å². The standard InChI is InChI=1S/C22H36N6O2S.HI/c1-3-23-22(25-10-7-9-24-20(29)19-8-6-17-31-19)28-15-13-26(14-16-28)18(2)21(30)27-11-4-5-12-27;/h6,8,17-18H,3-5,7,9-16H2,1-2H3,(H,23,25)(H,24,29);1H. The van der Waals surface area contributed by atoms with Crippen LogP contribution in [0.5, 0.6) is 0 Å². The number of halogens is 1. The average molecular weight is 577 g/mol. The molecular weight excluding hydrogens is 539 g/mol. The quantitative estimate of drug-likeness (QED) is 0.215. The number of carbonyl (C=O) groups is 2. The van der Waals surface area contributed by atoms with E-state index >= 15 is 0 Å². The zero-order chi connectivity index (χ0) is 22.1. The Labute approximate surface area is 212 Å². The summed E-state index contributed by atoms with van der Waals surface area (Å²) in [6, 6.07) is 3.67. The largest absolute Gasteiger partial charge is 0.357 e. The molecule has 32 heavy (non-hydrogen) atoms. The Hall–Kier alpha value is -1.40. The van der Waals surface area contributed by atoms with Gasteiger partial charge in [-0.25, -0.2) is 0 Å². The molecule has 2 aliphatic heterocycles. The number of nitrogens with one attached hydrogen (secondary N) is 2. The normalized spacial score (nSPS) is 18.2. The van der Waals surface area contributed by atoms with Gasteiger partial charge in [0.25, 0.3) is 5.91 Å². The van der Waals surface area contributed by atoms with E-state index in [0.29, 0.717) is 13.1 Å². The van der Waals surface area contributed by atoms with Gasteiger partial charge in [0.05, 0.1) is 10.9 Å². The van der Waals surface area contributed by atoms with Crippen LogP contribution in [0.15, 0.2) is 22.5 Å². The van der Waals surface area contributed by atoms with E-state index in [1.165, 1.54) is 11.3 Å². The van der Waals surface area contributed by atoms with Gasteiger partial charge >= 0.3 is 0 Å². The first-order valence-corrected chi connectivity index (χ1v) is 12.4. The fourth-order valence-corrected chi connectivity index (χ4v) is 4.71. The van der Waals surface area contributed by atoms with Crippen LogP contribution in [0.25, 0.3) is 0 Å². The number of likely N-dealkylation sites (tertiary alicyclic amines) is 1. The van der Waals surface area contributed by atoms with Crippen LogP contribution in [0, 0.1) is 0 Å². The van der Waals surface area contributed by atoms with Gasteiger partial charge in [0, 0.05) is 58.9 Å². The molecule has 2 N–H and O–H groups in total. The Morgan fingerprint density at radius 3 is 2.44 bits per heavy atom. The van der Waals surface area contributed by atoms with Gasteiger partial charge in [-0.15, -0.1) is 35.3 Å². The van der Waals surface area contributed by atoms with Crippen LogP contribution in [0.2, 0.25) is 0 Å². The zero-order valence-electron chi connectivity index (χ0n) is 19.2. The molecule has 0 aromatic carbocycles. The second-order valence-electron chi connectivity index (χ2n) is 8.05. The summed E-state index contributed by atoms with van der Waals surface area (Å²) in [6.07, 6.45) is 3.06. The fraction of sp³-hybridized carbons (Fsp3) is 0.682. The third-order valence-corrected chi connectivity index (χ3v) is 6.77. The van der Waals surface area contributed by atoms with E-state index < -0.39 is 0 Å². The Kier molecular flexibility index (Phi) is 11.7. The number of hydrogen-bond donors (Lipinski definition) is 2. The SMILES string of the molecule is CCNC(=NCCCNC(=O)c1cccs1)N1CCN(C(C)C(=O)N2CCCC2)CC1.I. The first-order valence-electron chi connectivity index (χ1n) is 11.5. The van der Waals surface area contributed by atoms with Crippen molar-refractivity contribution >= 4 is 53.1 Å². The van der Waals surface area contributed by atoms with Crippen molar-refractivity contribution in [3.05, 3.63) is 22.4 Å². The molecule has 180 valence electrons. The summed E-state index contributed by atoms with van der Waals surface area (Å²) in [5, 5.41) is 8.24. The molecule has 2 saturated heterocycles. The fourth-order valence-electron chi connectivity index (χ4n) is 4.07. The topological polar surface area (TPSA) is 80.3 Å². The van der Waals surface area contributed by atoms with Gasteiger partial charge in [-0.2, -0.15) is 0 Å². The highest BCUT2D eigenvalue weighted by Crippen LogP contribution is 2.14. The maximum absolute atomic E-state index is 12.7. The molecule has 1 aromatic heterocycles. The molecule has 0 saturated carbocycles. The highest BCUT2D eigenvalue weighted by molar-refractivity contribution is 14.0. The second-order valence-corrected chi connectivity index (χ2v) is 9.00. The summed E-state index contributed by atoms with van der Waals surface area (Å²) in [5.74, 6) is 1.18. The molecule has 0 aliphatic carbocycles. The molecule has 1 unspecified atom stereocenters. The molecule has 3 rings (SSSR count). The van der Waals surface area contributed by atoms with Gasteiger partial charge in [-0.05, 0) is 44.6 Å². The summed E-state index contributed by atoms with van der Waals surface area (Å²) in [5.41, 5.74) is 0. The van der Waals surface area contributed by atoms with E-state index in [-0.39, 0.29) is 41.8 Å². The number of amides is 2. The number of guanidine groups is 1. The first kappa shape index (κ1) is 26.8. The van der Waals surface area contributed by atoms with Crippen molar-refractivity contribution in [2.24, 2.45) is 4.99 Å². The number of nitrogens with zero attached hydrogens (tertiary/aromatic N) is 4. The summed E-state index contributed by atoms with van der Waals surface area (Å²) >= 11 is 1.45. The van der Waals surface area contributed by atoms with E-state index in [4.69, 9.17) is 4.99 Å². The van der Waals surface area contributed by atoms with Crippen LogP contribution in [-0.4, -0.2) is 97.4 Å². The minimum absolute atomic E-state index is 0. The van der Waals surface area contributed by atoms with Crippen molar-refractivity contribution in [1.82, 2.24) is 25.3 Å². The summed E-state index contributed by atoms with van der Waals surface area (Å²) in [4.78, 5) is 36.8. The van der Waals surface area contributed by atoms with Crippen molar-refractivity contribution in [2.75, 3.05) is 58.9 Å². The van der Waals surface area contributed by atoms with E-state index in [1.807, 2.05) is 29.3 Å². The average Bonchev–Trinajstić information content (AvgIpc) is 3.52. The number of aliphatic imine (C=N–C) groups is 1. The van der Waals surface area contributed by atoms with E-state index in [1.54, 1.807) is 0 Å². The van der Waals surface area contributed by atoms with Gasteiger partial charge in [0.2, 0.25) is 5.91 Å². The molecule has 8 nitrogen and oxygen atoms in total. The number of rotatable bonds is 8. The lowest BCUT2D eigenvalue weighted by molar-refractivity contribution is -0.135. The molecule has 0 spiro atoms. The Morgan fingerprint density at radius 2 is 1.81 bits per heavy atom.